The first-order valence-electron chi connectivity index (χ1n) is 10.4. The highest BCUT2D eigenvalue weighted by Gasteiger charge is 2.56. The zero-order chi connectivity index (χ0) is 19.4. The van der Waals surface area contributed by atoms with E-state index in [0.29, 0.717) is 45.7 Å². The number of carbonyl (C=O) groups excluding carboxylic acids is 2. The Kier molecular flexibility index (Phi) is 5.76. The standard InChI is InChI=1S/C22H29N3O3/c26-20(9-8-18-7-4-10-23-11-18)25-13-19-14-28-16-22(19,15-25)21(27)24-12-17-5-2-1-3-6-17/h4-5,7,10-11,19H,1-3,6,8-9,12-16H2,(H,24,27)/t19-,22-/m1/s1. The van der Waals surface area contributed by atoms with Crippen molar-refractivity contribution in [2.24, 2.45) is 11.3 Å². The molecule has 2 atom stereocenters. The Hall–Kier alpha value is -2.21. The molecule has 0 unspecified atom stereocenters. The topological polar surface area (TPSA) is 71.5 Å². The third-order valence-electron chi connectivity index (χ3n) is 6.39. The van der Waals surface area contributed by atoms with Crippen molar-refractivity contribution in [3.05, 3.63) is 41.7 Å². The van der Waals surface area contributed by atoms with Crippen LogP contribution in [0.5, 0.6) is 0 Å². The maximum atomic E-state index is 13.1. The summed E-state index contributed by atoms with van der Waals surface area (Å²) in [5.41, 5.74) is 1.81. The van der Waals surface area contributed by atoms with Gasteiger partial charge in [-0.15, -0.1) is 0 Å². The molecule has 1 aromatic heterocycles. The van der Waals surface area contributed by atoms with Crippen molar-refractivity contribution in [1.82, 2.24) is 15.2 Å². The molecule has 0 saturated carbocycles. The van der Waals surface area contributed by atoms with Crippen molar-refractivity contribution in [1.29, 1.82) is 0 Å². The number of carbonyl (C=O) groups is 2. The number of allylic oxidation sites excluding steroid dienone is 1. The number of hydrogen-bond acceptors (Lipinski definition) is 4. The van der Waals surface area contributed by atoms with Gasteiger partial charge in [0.05, 0.1) is 18.6 Å². The molecule has 3 aliphatic rings. The Morgan fingerprint density at radius 1 is 1.36 bits per heavy atom. The van der Waals surface area contributed by atoms with E-state index in [4.69, 9.17) is 4.74 Å². The number of nitrogens with zero attached hydrogens (tertiary/aromatic N) is 2. The third-order valence-corrected chi connectivity index (χ3v) is 6.39. The molecule has 2 aliphatic heterocycles. The zero-order valence-corrected chi connectivity index (χ0v) is 16.4. The number of aromatic nitrogens is 1. The molecule has 6 nitrogen and oxygen atoms in total. The maximum Gasteiger partial charge on any atom is 0.231 e. The van der Waals surface area contributed by atoms with Crippen molar-refractivity contribution in [3.8, 4) is 0 Å². The van der Waals surface area contributed by atoms with Gasteiger partial charge in [0.25, 0.3) is 0 Å². The van der Waals surface area contributed by atoms with Crippen LogP contribution < -0.4 is 5.32 Å². The van der Waals surface area contributed by atoms with Crippen LogP contribution in [-0.2, 0) is 20.7 Å². The van der Waals surface area contributed by atoms with Gasteiger partial charge in [0.2, 0.25) is 11.8 Å². The summed E-state index contributed by atoms with van der Waals surface area (Å²) < 4.78 is 5.66. The summed E-state index contributed by atoms with van der Waals surface area (Å²) in [4.78, 5) is 31.8. The van der Waals surface area contributed by atoms with Gasteiger partial charge in [0.1, 0.15) is 0 Å². The summed E-state index contributed by atoms with van der Waals surface area (Å²) in [5, 5.41) is 3.14. The SMILES string of the molecule is O=C(CCc1cccnc1)N1C[C@@H]2COC[C@]2(C(=O)NCC2=CCCCC2)C1. The van der Waals surface area contributed by atoms with E-state index in [-0.39, 0.29) is 17.7 Å². The molecular weight excluding hydrogens is 354 g/mol. The predicted octanol–water partition coefficient (Wildman–Crippen LogP) is 2.11. The maximum absolute atomic E-state index is 13.1. The number of nitrogens with one attached hydrogen (secondary N) is 1. The largest absolute Gasteiger partial charge is 0.380 e. The Bertz CT molecular complexity index is 749. The second kappa shape index (κ2) is 8.43. The van der Waals surface area contributed by atoms with E-state index < -0.39 is 5.41 Å². The number of fused-ring (bicyclic) bond motifs is 1. The van der Waals surface area contributed by atoms with E-state index in [9.17, 15) is 9.59 Å². The molecular formula is C22H29N3O3. The summed E-state index contributed by atoms with van der Waals surface area (Å²) in [6, 6.07) is 3.88. The van der Waals surface area contributed by atoms with Gasteiger partial charge >= 0.3 is 0 Å². The number of rotatable bonds is 6. The molecule has 3 heterocycles. The minimum Gasteiger partial charge on any atom is -0.380 e. The number of ether oxygens (including phenoxy) is 1. The number of likely N-dealkylation sites (tertiary alicyclic amines) is 1. The molecule has 150 valence electrons. The normalized spacial score (nSPS) is 26.6. The molecule has 1 N–H and O–H groups in total. The molecule has 0 aromatic carbocycles. The van der Waals surface area contributed by atoms with Crippen LogP contribution in [0.15, 0.2) is 36.2 Å². The van der Waals surface area contributed by atoms with Gasteiger partial charge in [-0.1, -0.05) is 17.7 Å². The lowest BCUT2D eigenvalue weighted by molar-refractivity contribution is -0.134. The quantitative estimate of drug-likeness (QED) is 0.764. The van der Waals surface area contributed by atoms with E-state index in [2.05, 4.69) is 16.4 Å². The van der Waals surface area contributed by atoms with Crippen molar-refractivity contribution >= 4 is 11.8 Å². The summed E-state index contributed by atoms with van der Waals surface area (Å²) in [6.07, 6.45) is 11.6. The Balaban J connectivity index is 1.35. The lowest BCUT2D eigenvalue weighted by Gasteiger charge is -2.26. The Morgan fingerprint density at radius 2 is 2.29 bits per heavy atom. The average molecular weight is 383 g/mol. The van der Waals surface area contributed by atoms with Gasteiger partial charge in [-0.2, -0.15) is 0 Å². The van der Waals surface area contributed by atoms with E-state index >= 15 is 0 Å². The molecule has 0 spiro atoms. The van der Waals surface area contributed by atoms with Gasteiger partial charge < -0.3 is 15.0 Å². The predicted molar refractivity (Wildman–Crippen MR) is 105 cm³/mol. The zero-order valence-electron chi connectivity index (χ0n) is 16.4. The van der Waals surface area contributed by atoms with Crippen molar-refractivity contribution in [2.45, 2.75) is 38.5 Å². The van der Waals surface area contributed by atoms with Crippen LogP contribution in [0.2, 0.25) is 0 Å². The van der Waals surface area contributed by atoms with Crippen LogP contribution in [0.3, 0.4) is 0 Å². The molecule has 6 heteroatoms. The lowest BCUT2D eigenvalue weighted by Crippen LogP contribution is -2.47. The lowest BCUT2D eigenvalue weighted by atomic mass is 9.80. The van der Waals surface area contributed by atoms with Gasteiger partial charge in [0.15, 0.2) is 0 Å². The smallest absolute Gasteiger partial charge is 0.231 e. The third kappa shape index (κ3) is 3.97. The fourth-order valence-electron chi connectivity index (χ4n) is 4.64. The summed E-state index contributed by atoms with van der Waals surface area (Å²) in [6.45, 7) is 2.68. The first-order valence-corrected chi connectivity index (χ1v) is 10.4. The van der Waals surface area contributed by atoms with Crippen LogP contribution in [0, 0.1) is 11.3 Å². The average Bonchev–Trinajstić information content (AvgIpc) is 3.30. The van der Waals surface area contributed by atoms with Gasteiger partial charge in [-0.3, -0.25) is 14.6 Å². The molecule has 1 aliphatic carbocycles. The van der Waals surface area contributed by atoms with Crippen molar-refractivity contribution < 1.29 is 14.3 Å². The first kappa shape index (κ1) is 19.1. The van der Waals surface area contributed by atoms with Crippen LogP contribution in [0.4, 0.5) is 0 Å². The van der Waals surface area contributed by atoms with E-state index in [1.54, 1.807) is 12.4 Å². The molecule has 2 amide bonds. The van der Waals surface area contributed by atoms with Gasteiger partial charge in [0, 0.05) is 44.4 Å². The highest BCUT2D eigenvalue weighted by Crippen LogP contribution is 2.41. The monoisotopic (exact) mass is 383 g/mol. The van der Waals surface area contributed by atoms with Crippen LogP contribution in [0.1, 0.15) is 37.7 Å². The van der Waals surface area contributed by atoms with Crippen molar-refractivity contribution in [2.75, 3.05) is 32.8 Å². The fourth-order valence-corrected chi connectivity index (χ4v) is 4.64. The Morgan fingerprint density at radius 3 is 3.07 bits per heavy atom. The number of amides is 2. The molecule has 28 heavy (non-hydrogen) atoms. The van der Waals surface area contributed by atoms with Gasteiger partial charge in [-0.05, 0) is 43.7 Å². The fraction of sp³-hybridized carbons (Fsp3) is 0.591. The molecule has 4 rings (SSSR count). The number of hydrogen-bond donors (Lipinski definition) is 1. The molecule has 2 saturated heterocycles. The van der Waals surface area contributed by atoms with Crippen LogP contribution in [-0.4, -0.2) is 54.5 Å². The summed E-state index contributed by atoms with van der Waals surface area (Å²) >= 11 is 0. The molecule has 1 aromatic rings. The van der Waals surface area contributed by atoms with Crippen LogP contribution in [0.25, 0.3) is 0 Å². The summed E-state index contributed by atoms with van der Waals surface area (Å²) in [7, 11) is 0. The molecule has 0 bridgehead atoms. The minimum absolute atomic E-state index is 0.0454. The second-order valence-corrected chi connectivity index (χ2v) is 8.29. The highest BCUT2D eigenvalue weighted by atomic mass is 16.5. The van der Waals surface area contributed by atoms with Crippen LogP contribution >= 0.6 is 0 Å². The Labute approximate surface area is 166 Å². The van der Waals surface area contributed by atoms with E-state index in [1.165, 1.54) is 18.4 Å². The highest BCUT2D eigenvalue weighted by molar-refractivity contribution is 5.86. The van der Waals surface area contributed by atoms with Crippen molar-refractivity contribution in [3.63, 3.8) is 0 Å². The summed E-state index contributed by atoms with van der Waals surface area (Å²) in [5.74, 6) is 0.250. The number of pyridine rings is 1. The van der Waals surface area contributed by atoms with E-state index in [1.807, 2.05) is 17.0 Å². The minimum atomic E-state index is -0.584. The molecule has 2 fully saturated rings. The first-order chi connectivity index (χ1) is 13.7. The van der Waals surface area contributed by atoms with Gasteiger partial charge in [-0.25, -0.2) is 0 Å². The second-order valence-electron chi connectivity index (χ2n) is 8.29. The van der Waals surface area contributed by atoms with E-state index in [0.717, 1.165) is 18.4 Å². The number of aryl methyl sites for hydroxylation is 1. The molecule has 0 radical (unpaired) electrons.